The fourth-order valence-electron chi connectivity index (χ4n) is 1.72. The number of ether oxygens (including phenoxy) is 1. The highest BCUT2D eigenvalue weighted by Crippen LogP contribution is 2.26. The van der Waals surface area contributed by atoms with Crippen LogP contribution in [0.2, 0.25) is 10.4 Å². The summed E-state index contributed by atoms with van der Waals surface area (Å²) in [5.41, 5.74) is 1.36. The van der Waals surface area contributed by atoms with Crippen LogP contribution in [0.25, 0.3) is 5.69 Å². The van der Waals surface area contributed by atoms with Crippen molar-refractivity contribution in [1.82, 2.24) is 9.55 Å². The molecule has 1 heterocycles. The lowest BCUT2D eigenvalue weighted by Gasteiger charge is -2.12. The fraction of sp³-hybridized carbons (Fsp3) is 0.286. The normalized spacial score (nSPS) is 12.2. The summed E-state index contributed by atoms with van der Waals surface area (Å²) in [5, 5.41) is 0.232. The molecular formula is C14H14Cl2N2O2S. The molecule has 0 aliphatic heterocycles. The zero-order valence-corrected chi connectivity index (χ0v) is 13.9. The average Bonchev–Trinajstić information content (AvgIpc) is 2.78. The number of esters is 1. The summed E-state index contributed by atoms with van der Waals surface area (Å²) in [6, 6.07) is 9.41. The molecule has 4 nitrogen and oxygen atoms in total. The highest BCUT2D eigenvalue weighted by Gasteiger charge is 2.19. The van der Waals surface area contributed by atoms with Crippen molar-refractivity contribution in [2.45, 2.75) is 18.8 Å². The van der Waals surface area contributed by atoms with Gasteiger partial charge in [0.05, 0.1) is 5.25 Å². The molecular weight excluding hydrogens is 331 g/mol. The Balaban J connectivity index is 2.26. The Morgan fingerprint density at radius 2 is 2.05 bits per heavy atom. The van der Waals surface area contributed by atoms with Gasteiger partial charge in [-0.2, -0.15) is 11.8 Å². The summed E-state index contributed by atoms with van der Waals surface area (Å²) >= 11 is 13.6. The second kappa shape index (κ2) is 7.20. The number of aromatic nitrogens is 2. The highest BCUT2D eigenvalue weighted by molar-refractivity contribution is 7.99. The number of thioether (sulfide) groups is 1. The van der Waals surface area contributed by atoms with Crippen LogP contribution in [-0.2, 0) is 16.1 Å². The summed E-state index contributed by atoms with van der Waals surface area (Å²) in [6.07, 6.45) is 1.85. The molecule has 2 aromatic rings. The molecule has 0 saturated heterocycles. The maximum absolute atomic E-state index is 11.8. The number of halogens is 2. The molecule has 1 unspecified atom stereocenters. The van der Waals surface area contributed by atoms with Crippen molar-refractivity contribution >= 4 is 40.9 Å². The number of para-hydroxylation sites is 1. The van der Waals surface area contributed by atoms with Gasteiger partial charge >= 0.3 is 5.97 Å². The highest BCUT2D eigenvalue weighted by atomic mass is 35.5. The average molecular weight is 345 g/mol. The molecule has 1 atom stereocenters. The number of rotatable bonds is 5. The van der Waals surface area contributed by atoms with Gasteiger partial charge in [-0.05, 0) is 36.9 Å². The minimum Gasteiger partial charge on any atom is -0.458 e. The van der Waals surface area contributed by atoms with Gasteiger partial charge in [-0.25, -0.2) is 4.98 Å². The first-order chi connectivity index (χ1) is 10.0. The maximum atomic E-state index is 11.8. The molecule has 1 aromatic heterocycles. The van der Waals surface area contributed by atoms with Crippen LogP contribution >= 0.6 is 35.0 Å². The van der Waals surface area contributed by atoms with Gasteiger partial charge < -0.3 is 4.74 Å². The molecule has 21 heavy (non-hydrogen) atoms. The lowest BCUT2D eigenvalue weighted by atomic mass is 10.3. The van der Waals surface area contributed by atoms with Crippen LogP contribution in [-0.4, -0.2) is 27.0 Å². The van der Waals surface area contributed by atoms with Crippen molar-refractivity contribution in [2.75, 3.05) is 6.26 Å². The van der Waals surface area contributed by atoms with Crippen LogP contribution in [0, 0.1) is 0 Å². The van der Waals surface area contributed by atoms with Gasteiger partial charge in [-0.15, -0.1) is 0 Å². The number of hydrogen-bond acceptors (Lipinski definition) is 4. The van der Waals surface area contributed by atoms with Crippen LogP contribution in [0.5, 0.6) is 0 Å². The molecule has 0 amide bonds. The number of carbonyl (C=O) groups excluding carboxylic acids is 1. The topological polar surface area (TPSA) is 44.1 Å². The Morgan fingerprint density at radius 3 is 2.67 bits per heavy atom. The third kappa shape index (κ3) is 3.73. The van der Waals surface area contributed by atoms with E-state index in [9.17, 15) is 4.79 Å². The van der Waals surface area contributed by atoms with Crippen molar-refractivity contribution in [3.8, 4) is 5.69 Å². The Hall–Kier alpha value is -1.17. The molecule has 0 radical (unpaired) electrons. The monoisotopic (exact) mass is 344 g/mol. The SMILES string of the molecule is CSC(C)C(=O)OCc1c(Cl)nc(Cl)n1-c1ccccc1. The first-order valence-corrected chi connectivity index (χ1v) is 8.26. The second-order valence-electron chi connectivity index (χ2n) is 4.27. The number of nitrogens with zero attached hydrogens (tertiary/aromatic N) is 2. The number of imidazole rings is 1. The molecule has 0 aliphatic rings. The predicted octanol–water partition coefficient (Wildman–Crippen LogP) is 3.97. The van der Waals surface area contributed by atoms with E-state index in [4.69, 9.17) is 27.9 Å². The van der Waals surface area contributed by atoms with Gasteiger partial charge in [-0.1, -0.05) is 29.8 Å². The summed E-state index contributed by atoms with van der Waals surface area (Å²) < 4.78 is 6.94. The van der Waals surface area contributed by atoms with Crippen molar-refractivity contribution in [3.63, 3.8) is 0 Å². The molecule has 2 rings (SSSR count). The van der Waals surface area contributed by atoms with E-state index < -0.39 is 0 Å². The van der Waals surface area contributed by atoms with Gasteiger partial charge in [0.2, 0.25) is 5.28 Å². The van der Waals surface area contributed by atoms with Crippen molar-refractivity contribution < 1.29 is 9.53 Å². The van der Waals surface area contributed by atoms with E-state index in [1.54, 1.807) is 11.5 Å². The fourth-order valence-corrected chi connectivity index (χ4v) is 2.52. The minimum atomic E-state index is -0.296. The Morgan fingerprint density at radius 1 is 1.38 bits per heavy atom. The van der Waals surface area contributed by atoms with E-state index in [0.29, 0.717) is 5.69 Å². The lowest BCUT2D eigenvalue weighted by Crippen LogP contribution is -2.17. The standard InChI is InChI=1S/C14H14Cl2N2O2S/c1-9(21-2)13(19)20-8-11-12(15)17-14(16)18(11)10-6-4-3-5-7-10/h3-7,9H,8H2,1-2H3. The van der Waals surface area contributed by atoms with Crippen LogP contribution in [0.3, 0.4) is 0 Å². The lowest BCUT2D eigenvalue weighted by molar-refractivity contribution is -0.144. The van der Waals surface area contributed by atoms with Crippen LogP contribution in [0.1, 0.15) is 12.6 Å². The summed E-state index contributed by atoms with van der Waals surface area (Å²) in [4.78, 5) is 15.8. The third-order valence-corrected chi connectivity index (χ3v) is 4.39. The molecule has 0 saturated carbocycles. The smallest absolute Gasteiger partial charge is 0.319 e. The van der Waals surface area contributed by atoms with Crippen molar-refractivity contribution in [2.24, 2.45) is 0 Å². The molecule has 0 fully saturated rings. The van der Waals surface area contributed by atoms with E-state index in [1.165, 1.54) is 11.8 Å². The molecule has 0 aliphatic carbocycles. The van der Waals surface area contributed by atoms with Crippen LogP contribution in [0.15, 0.2) is 30.3 Å². The van der Waals surface area contributed by atoms with Gasteiger partial charge in [0.25, 0.3) is 0 Å². The molecule has 112 valence electrons. The second-order valence-corrected chi connectivity index (χ2v) is 6.15. The molecule has 0 bridgehead atoms. The van der Waals surface area contributed by atoms with E-state index in [1.807, 2.05) is 36.6 Å². The zero-order valence-electron chi connectivity index (χ0n) is 11.5. The van der Waals surface area contributed by atoms with Gasteiger partial charge in [0, 0.05) is 5.69 Å². The largest absolute Gasteiger partial charge is 0.458 e. The Labute approximate surface area is 137 Å². The number of benzene rings is 1. The first kappa shape index (κ1) is 16.2. The third-order valence-electron chi connectivity index (χ3n) is 2.93. The molecule has 0 spiro atoms. The first-order valence-electron chi connectivity index (χ1n) is 6.22. The van der Waals surface area contributed by atoms with Crippen LogP contribution < -0.4 is 0 Å². The van der Waals surface area contributed by atoms with Gasteiger partial charge in [0.15, 0.2) is 5.15 Å². The van der Waals surface area contributed by atoms with Crippen molar-refractivity contribution in [3.05, 3.63) is 46.5 Å². The van der Waals surface area contributed by atoms with E-state index in [0.717, 1.165) is 5.69 Å². The summed E-state index contributed by atoms with van der Waals surface area (Å²) in [6.45, 7) is 1.81. The zero-order chi connectivity index (χ0) is 15.4. The van der Waals surface area contributed by atoms with Gasteiger partial charge in [-0.3, -0.25) is 9.36 Å². The van der Waals surface area contributed by atoms with E-state index in [2.05, 4.69) is 4.98 Å². The van der Waals surface area contributed by atoms with Crippen LogP contribution in [0.4, 0.5) is 0 Å². The summed E-state index contributed by atoms with van der Waals surface area (Å²) in [5.74, 6) is -0.296. The van der Waals surface area contributed by atoms with E-state index in [-0.39, 0.29) is 28.3 Å². The van der Waals surface area contributed by atoms with Gasteiger partial charge in [0.1, 0.15) is 12.3 Å². The molecule has 7 heteroatoms. The van der Waals surface area contributed by atoms with Crippen molar-refractivity contribution in [1.29, 1.82) is 0 Å². The Bertz CT molecular complexity index is 631. The molecule has 1 aromatic carbocycles. The predicted molar refractivity (Wildman–Crippen MR) is 86.4 cm³/mol. The Kier molecular flexibility index (Phi) is 5.56. The molecule has 0 N–H and O–H groups in total. The quantitative estimate of drug-likeness (QED) is 0.769. The summed E-state index contributed by atoms with van der Waals surface area (Å²) in [7, 11) is 0. The number of hydrogen-bond donors (Lipinski definition) is 0. The van der Waals surface area contributed by atoms with E-state index >= 15 is 0 Å². The number of carbonyl (C=O) groups is 1. The maximum Gasteiger partial charge on any atom is 0.319 e. The minimum absolute atomic E-state index is 0.0250.